The molecule has 2 aromatic carbocycles. The number of methoxy groups -OCH3 is 3. The molecule has 1 aliphatic heterocycles. The van der Waals surface area contributed by atoms with Crippen molar-refractivity contribution in [3.05, 3.63) is 47.5 Å². The van der Waals surface area contributed by atoms with Crippen LogP contribution in [0.2, 0.25) is 0 Å². The first-order valence-corrected chi connectivity index (χ1v) is 11.4. The zero-order chi connectivity index (χ0) is 23.4. The van der Waals surface area contributed by atoms with Crippen LogP contribution in [0, 0.1) is 6.92 Å². The largest absolute Gasteiger partial charge is 0.493 e. The van der Waals surface area contributed by atoms with Crippen LogP contribution >= 0.6 is 11.3 Å². The van der Waals surface area contributed by atoms with Crippen LogP contribution in [0.25, 0.3) is 0 Å². The normalized spacial score (nSPS) is 13.6. The minimum Gasteiger partial charge on any atom is -0.493 e. The fraction of sp³-hybridized carbons (Fsp3) is 0.348. The van der Waals surface area contributed by atoms with Gasteiger partial charge in [-0.25, -0.2) is 0 Å². The van der Waals surface area contributed by atoms with Gasteiger partial charge in [-0.1, -0.05) is 29.0 Å². The minimum absolute atomic E-state index is 0.332. The van der Waals surface area contributed by atoms with Crippen molar-refractivity contribution < 1.29 is 19.0 Å². The Morgan fingerprint density at radius 3 is 2.09 bits per heavy atom. The maximum absolute atomic E-state index is 12.8. The summed E-state index contributed by atoms with van der Waals surface area (Å²) < 4.78 is 16.0. The number of aryl methyl sites for hydroxylation is 1. The predicted octanol–water partition coefficient (Wildman–Crippen LogP) is 3.45. The van der Waals surface area contributed by atoms with E-state index < -0.39 is 0 Å². The van der Waals surface area contributed by atoms with E-state index in [0.29, 0.717) is 27.9 Å². The van der Waals surface area contributed by atoms with Crippen molar-refractivity contribution in [1.29, 1.82) is 0 Å². The van der Waals surface area contributed by atoms with Crippen LogP contribution in [0.4, 0.5) is 16.0 Å². The van der Waals surface area contributed by atoms with Crippen molar-refractivity contribution in [2.45, 2.75) is 6.92 Å². The predicted molar refractivity (Wildman–Crippen MR) is 130 cm³/mol. The quantitative estimate of drug-likeness (QED) is 0.563. The highest BCUT2D eigenvalue weighted by Gasteiger charge is 2.22. The number of carbonyl (C=O) groups is 1. The molecule has 4 rings (SSSR count). The van der Waals surface area contributed by atoms with E-state index in [4.69, 9.17) is 14.2 Å². The van der Waals surface area contributed by atoms with Crippen LogP contribution in [-0.2, 0) is 0 Å². The van der Waals surface area contributed by atoms with Gasteiger partial charge in [0.1, 0.15) is 0 Å². The van der Waals surface area contributed by atoms with E-state index in [1.54, 1.807) is 12.1 Å². The number of ether oxygens (including phenoxy) is 3. The van der Waals surface area contributed by atoms with Gasteiger partial charge in [0.05, 0.1) is 21.3 Å². The molecule has 0 atom stereocenters. The van der Waals surface area contributed by atoms with Crippen molar-refractivity contribution in [2.75, 3.05) is 62.6 Å². The molecule has 1 N–H and O–H groups in total. The van der Waals surface area contributed by atoms with Crippen LogP contribution in [-0.4, -0.2) is 63.6 Å². The van der Waals surface area contributed by atoms with Crippen LogP contribution in [0.3, 0.4) is 0 Å². The average Bonchev–Trinajstić information content (AvgIpc) is 3.32. The molecule has 0 unspecified atom stereocenters. The van der Waals surface area contributed by atoms with Crippen LogP contribution < -0.4 is 29.3 Å². The summed E-state index contributed by atoms with van der Waals surface area (Å²) >= 11 is 1.36. The lowest BCUT2D eigenvalue weighted by Crippen LogP contribution is -2.46. The lowest BCUT2D eigenvalue weighted by atomic mass is 10.1. The number of amides is 1. The Morgan fingerprint density at radius 1 is 0.909 bits per heavy atom. The van der Waals surface area contributed by atoms with Crippen LogP contribution in [0.15, 0.2) is 36.4 Å². The highest BCUT2D eigenvalue weighted by Crippen LogP contribution is 2.38. The van der Waals surface area contributed by atoms with Crippen LogP contribution in [0.5, 0.6) is 17.2 Å². The van der Waals surface area contributed by atoms with E-state index in [9.17, 15) is 4.79 Å². The summed E-state index contributed by atoms with van der Waals surface area (Å²) in [6.45, 7) is 5.56. The standard InChI is InChI=1S/C23H27N5O4S/c1-15-5-7-17(8-6-15)27-9-11-28(12-10-27)23-26-25-22(33-23)24-21(29)16-13-18(30-2)20(32-4)19(14-16)31-3/h5-8,13-14H,9-12H2,1-4H3,(H,24,25,29). The van der Waals surface area contributed by atoms with Crippen molar-refractivity contribution >= 4 is 33.2 Å². The molecule has 0 spiro atoms. The molecule has 0 aliphatic carbocycles. The van der Waals surface area contributed by atoms with E-state index in [-0.39, 0.29) is 5.91 Å². The fourth-order valence-corrected chi connectivity index (χ4v) is 4.48. The number of carbonyl (C=O) groups excluding carboxylic acids is 1. The second-order valence-corrected chi connectivity index (χ2v) is 8.52. The van der Waals surface area contributed by atoms with Gasteiger partial charge in [0.25, 0.3) is 5.91 Å². The SMILES string of the molecule is COc1cc(C(=O)Nc2nnc(N3CCN(c4ccc(C)cc4)CC3)s2)cc(OC)c1OC. The van der Waals surface area contributed by atoms with Crippen molar-refractivity contribution in [3.8, 4) is 17.2 Å². The zero-order valence-electron chi connectivity index (χ0n) is 19.1. The number of piperazine rings is 1. The Kier molecular flexibility index (Phi) is 6.83. The smallest absolute Gasteiger partial charge is 0.257 e. The molecule has 0 bridgehead atoms. The Labute approximate surface area is 196 Å². The third-order valence-electron chi connectivity index (χ3n) is 5.51. The first-order valence-electron chi connectivity index (χ1n) is 10.5. The first kappa shape index (κ1) is 22.7. The highest BCUT2D eigenvalue weighted by molar-refractivity contribution is 7.19. The molecular weight excluding hydrogens is 442 g/mol. The van der Waals surface area contributed by atoms with Crippen LogP contribution in [0.1, 0.15) is 15.9 Å². The van der Waals surface area contributed by atoms with Crippen molar-refractivity contribution in [3.63, 3.8) is 0 Å². The molecule has 10 heteroatoms. The fourth-order valence-electron chi connectivity index (χ4n) is 3.69. The Bertz CT molecular complexity index is 1090. The molecule has 9 nitrogen and oxygen atoms in total. The number of benzene rings is 2. The molecule has 0 radical (unpaired) electrons. The number of aromatic nitrogens is 2. The lowest BCUT2D eigenvalue weighted by molar-refractivity contribution is 0.102. The minimum atomic E-state index is -0.332. The monoisotopic (exact) mass is 469 g/mol. The summed E-state index contributed by atoms with van der Waals surface area (Å²) in [6, 6.07) is 11.8. The maximum atomic E-state index is 12.8. The van der Waals surface area contributed by atoms with E-state index in [0.717, 1.165) is 31.3 Å². The Hall–Kier alpha value is -3.53. The maximum Gasteiger partial charge on any atom is 0.257 e. The molecule has 33 heavy (non-hydrogen) atoms. The molecule has 1 fully saturated rings. The van der Waals surface area contributed by atoms with Gasteiger partial charge < -0.3 is 24.0 Å². The van der Waals surface area contributed by atoms with Gasteiger partial charge in [-0.3, -0.25) is 10.1 Å². The lowest BCUT2D eigenvalue weighted by Gasteiger charge is -2.35. The molecule has 1 amide bonds. The highest BCUT2D eigenvalue weighted by atomic mass is 32.1. The number of nitrogens with zero attached hydrogens (tertiary/aromatic N) is 4. The van der Waals surface area contributed by atoms with Crippen molar-refractivity contribution in [1.82, 2.24) is 10.2 Å². The van der Waals surface area contributed by atoms with E-state index in [2.05, 4.69) is 56.5 Å². The summed E-state index contributed by atoms with van der Waals surface area (Å²) in [5, 5.41) is 12.5. The second kappa shape index (κ2) is 9.95. The molecule has 3 aromatic rings. The molecular formula is C23H27N5O4S. The Morgan fingerprint density at radius 2 is 1.52 bits per heavy atom. The second-order valence-electron chi connectivity index (χ2n) is 7.57. The number of anilines is 3. The third-order valence-corrected chi connectivity index (χ3v) is 6.41. The number of hydrogen-bond acceptors (Lipinski definition) is 9. The summed E-state index contributed by atoms with van der Waals surface area (Å²) in [6.07, 6.45) is 0. The number of rotatable bonds is 7. The topological polar surface area (TPSA) is 89.0 Å². The van der Waals surface area contributed by atoms with Gasteiger partial charge >= 0.3 is 0 Å². The molecule has 1 saturated heterocycles. The van der Waals surface area contributed by atoms with Gasteiger partial charge in [-0.15, -0.1) is 10.2 Å². The first-order chi connectivity index (χ1) is 16.0. The van der Waals surface area contributed by atoms with E-state index >= 15 is 0 Å². The summed E-state index contributed by atoms with van der Waals surface area (Å²) in [5.41, 5.74) is 2.86. The molecule has 0 saturated carbocycles. The molecule has 174 valence electrons. The van der Waals surface area contributed by atoms with Gasteiger partial charge in [-0.05, 0) is 31.2 Å². The average molecular weight is 470 g/mol. The van der Waals surface area contributed by atoms with Gasteiger partial charge in [0.2, 0.25) is 16.0 Å². The Balaban J connectivity index is 1.40. The third kappa shape index (κ3) is 4.95. The zero-order valence-corrected chi connectivity index (χ0v) is 19.9. The van der Waals surface area contributed by atoms with E-state index in [1.807, 2.05) is 0 Å². The molecule has 1 aliphatic rings. The molecule has 2 heterocycles. The number of hydrogen-bond donors (Lipinski definition) is 1. The van der Waals surface area contributed by atoms with Gasteiger partial charge in [-0.2, -0.15) is 0 Å². The summed E-state index contributed by atoms with van der Waals surface area (Å²) in [5.74, 6) is 0.915. The number of nitrogens with one attached hydrogen (secondary N) is 1. The summed E-state index contributed by atoms with van der Waals surface area (Å²) in [7, 11) is 4.53. The van der Waals surface area contributed by atoms with Gasteiger partial charge in [0, 0.05) is 37.4 Å². The molecule has 1 aromatic heterocycles. The van der Waals surface area contributed by atoms with E-state index in [1.165, 1.54) is 43.9 Å². The summed E-state index contributed by atoms with van der Waals surface area (Å²) in [4.78, 5) is 17.4. The van der Waals surface area contributed by atoms with Crippen molar-refractivity contribution in [2.24, 2.45) is 0 Å². The van der Waals surface area contributed by atoms with Gasteiger partial charge in [0.15, 0.2) is 11.5 Å².